The standard InChI is InChI=1S/C19H22F2N2O4S/c1-27-18-15(21)14(20)7-12-16(18)23(11-3-4-11)8-13(17(12)25)19(26)22-10(9-24)5-6-28-2/h7-8,10-11,24H,3-6,9H2,1-2H3,(H,22,26)/t10-/m0/s1. The highest BCUT2D eigenvalue weighted by atomic mass is 32.2. The van der Waals surface area contributed by atoms with E-state index in [1.165, 1.54) is 13.3 Å². The number of rotatable bonds is 8. The molecule has 0 saturated heterocycles. The molecule has 1 amide bonds. The summed E-state index contributed by atoms with van der Waals surface area (Å²) in [6.07, 6.45) is 5.43. The fourth-order valence-electron chi connectivity index (χ4n) is 3.15. The Morgan fingerprint density at radius 1 is 1.46 bits per heavy atom. The number of ether oxygens (including phenoxy) is 1. The number of halogens is 2. The second-order valence-corrected chi connectivity index (χ2v) is 7.73. The van der Waals surface area contributed by atoms with E-state index in [0.717, 1.165) is 24.7 Å². The Balaban J connectivity index is 2.12. The number of aliphatic hydroxyl groups is 1. The molecule has 2 aromatic rings. The molecule has 0 spiro atoms. The number of aromatic nitrogens is 1. The molecule has 1 fully saturated rings. The molecule has 28 heavy (non-hydrogen) atoms. The number of fused-ring (bicyclic) bond motifs is 1. The highest BCUT2D eigenvalue weighted by molar-refractivity contribution is 7.98. The number of nitrogens with one attached hydrogen (secondary N) is 1. The molecule has 152 valence electrons. The van der Waals surface area contributed by atoms with E-state index in [0.29, 0.717) is 6.42 Å². The summed E-state index contributed by atoms with van der Waals surface area (Å²) in [5.41, 5.74) is -0.732. The number of methoxy groups -OCH3 is 1. The van der Waals surface area contributed by atoms with Gasteiger partial charge in [0.15, 0.2) is 11.6 Å². The van der Waals surface area contributed by atoms with Crippen molar-refractivity contribution in [1.82, 2.24) is 9.88 Å². The fraction of sp³-hybridized carbons (Fsp3) is 0.474. The van der Waals surface area contributed by atoms with Gasteiger partial charge in [0.05, 0.1) is 30.7 Å². The minimum Gasteiger partial charge on any atom is -0.491 e. The Kier molecular flexibility index (Phi) is 6.24. The molecular weight excluding hydrogens is 390 g/mol. The largest absolute Gasteiger partial charge is 0.491 e. The molecule has 1 heterocycles. The van der Waals surface area contributed by atoms with Gasteiger partial charge in [0, 0.05) is 12.2 Å². The monoisotopic (exact) mass is 412 g/mol. The van der Waals surface area contributed by atoms with Gasteiger partial charge in [-0.05, 0) is 37.3 Å². The quantitative estimate of drug-likeness (QED) is 0.696. The average Bonchev–Trinajstić information content (AvgIpc) is 3.52. The molecule has 0 radical (unpaired) electrons. The van der Waals surface area contributed by atoms with Gasteiger partial charge in [0.2, 0.25) is 11.2 Å². The molecule has 2 N–H and O–H groups in total. The first-order chi connectivity index (χ1) is 13.4. The van der Waals surface area contributed by atoms with Crippen molar-refractivity contribution < 1.29 is 23.4 Å². The molecule has 0 bridgehead atoms. The smallest absolute Gasteiger partial charge is 0.257 e. The zero-order chi connectivity index (χ0) is 20.4. The summed E-state index contributed by atoms with van der Waals surface area (Å²) in [6, 6.07) is 0.296. The summed E-state index contributed by atoms with van der Waals surface area (Å²) in [5.74, 6) is -2.64. The summed E-state index contributed by atoms with van der Waals surface area (Å²) in [7, 11) is 1.21. The molecule has 9 heteroatoms. The van der Waals surface area contributed by atoms with Crippen LogP contribution in [0.4, 0.5) is 8.78 Å². The molecular formula is C19H22F2N2O4S. The number of nitrogens with zero attached hydrogens (tertiary/aromatic N) is 1. The molecule has 1 aromatic carbocycles. The number of pyridine rings is 1. The number of aliphatic hydroxyl groups excluding tert-OH is 1. The number of benzene rings is 1. The van der Waals surface area contributed by atoms with Gasteiger partial charge in [-0.3, -0.25) is 9.59 Å². The lowest BCUT2D eigenvalue weighted by atomic mass is 10.1. The van der Waals surface area contributed by atoms with Crippen LogP contribution in [0.25, 0.3) is 10.9 Å². The minimum atomic E-state index is -1.21. The lowest BCUT2D eigenvalue weighted by Crippen LogP contribution is -2.40. The fourth-order valence-corrected chi connectivity index (χ4v) is 3.67. The minimum absolute atomic E-state index is 0.0152. The summed E-state index contributed by atoms with van der Waals surface area (Å²) in [6.45, 7) is -0.260. The van der Waals surface area contributed by atoms with Crippen LogP contribution in [0.2, 0.25) is 0 Å². The third-order valence-corrected chi connectivity index (χ3v) is 5.42. The SMILES string of the molecule is COc1c(F)c(F)cc2c(=O)c(C(=O)N[C@H](CO)CCSC)cn(C3CC3)c12. The molecule has 1 aliphatic rings. The van der Waals surface area contributed by atoms with E-state index in [2.05, 4.69) is 5.32 Å². The topological polar surface area (TPSA) is 80.6 Å². The van der Waals surface area contributed by atoms with E-state index < -0.39 is 29.0 Å². The second-order valence-electron chi connectivity index (χ2n) is 6.75. The highest BCUT2D eigenvalue weighted by Crippen LogP contribution is 2.40. The summed E-state index contributed by atoms with van der Waals surface area (Å²) < 4.78 is 34.9. The molecule has 1 aliphatic carbocycles. The first-order valence-corrected chi connectivity index (χ1v) is 10.3. The maximum Gasteiger partial charge on any atom is 0.257 e. The van der Waals surface area contributed by atoms with Crippen molar-refractivity contribution >= 4 is 28.6 Å². The molecule has 1 aromatic heterocycles. The van der Waals surface area contributed by atoms with Gasteiger partial charge in [-0.2, -0.15) is 16.2 Å². The van der Waals surface area contributed by atoms with Crippen molar-refractivity contribution in [3.63, 3.8) is 0 Å². The van der Waals surface area contributed by atoms with Crippen LogP contribution in [0.15, 0.2) is 17.1 Å². The average molecular weight is 412 g/mol. The molecule has 1 saturated carbocycles. The van der Waals surface area contributed by atoms with Crippen LogP contribution >= 0.6 is 11.8 Å². The van der Waals surface area contributed by atoms with E-state index in [1.54, 1.807) is 16.3 Å². The Morgan fingerprint density at radius 3 is 2.75 bits per heavy atom. The van der Waals surface area contributed by atoms with Crippen LogP contribution in [0.1, 0.15) is 35.7 Å². The van der Waals surface area contributed by atoms with Crippen molar-refractivity contribution in [2.75, 3.05) is 25.7 Å². The molecule has 1 atom stereocenters. The molecule has 3 rings (SSSR count). The van der Waals surface area contributed by atoms with Gasteiger partial charge >= 0.3 is 0 Å². The second kappa shape index (κ2) is 8.48. The Labute approximate surface area is 164 Å². The number of amides is 1. The van der Waals surface area contributed by atoms with E-state index in [9.17, 15) is 23.5 Å². The maximum absolute atomic E-state index is 14.2. The summed E-state index contributed by atoms with van der Waals surface area (Å²) >= 11 is 1.58. The third kappa shape index (κ3) is 3.86. The van der Waals surface area contributed by atoms with Crippen molar-refractivity contribution in [3.05, 3.63) is 39.7 Å². The Hall–Kier alpha value is -2.13. The lowest BCUT2D eigenvalue weighted by Gasteiger charge is -2.18. The molecule has 6 nitrogen and oxygen atoms in total. The van der Waals surface area contributed by atoms with Gasteiger partial charge in [-0.15, -0.1) is 0 Å². The van der Waals surface area contributed by atoms with Crippen LogP contribution < -0.4 is 15.5 Å². The maximum atomic E-state index is 14.2. The summed E-state index contributed by atoms with van der Waals surface area (Å²) in [5, 5.41) is 12.0. The normalized spacial score (nSPS) is 14.9. The lowest BCUT2D eigenvalue weighted by molar-refractivity contribution is 0.0913. The predicted octanol–water partition coefficient (Wildman–Crippen LogP) is 2.47. The van der Waals surface area contributed by atoms with E-state index in [4.69, 9.17) is 4.74 Å². The van der Waals surface area contributed by atoms with Crippen LogP contribution in [0.5, 0.6) is 5.75 Å². The first-order valence-electron chi connectivity index (χ1n) is 8.94. The van der Waals surface area contributed by atoms with Crippen LogP contribution in [-0.4, -0.2) is 47.3 Å². The van der Waals surface area contributed by atoms with Gasteiger partial charge in [-0.25, -0.2) is 4.39 Å². The van der Waals surface area contributed by atoms with E-state index >= 15 is 0 Å². The van der Waals surface area contributed by atoms with Crippen molar-refractivity contribution in [2.45, 2.75) is 31.3 Å². The van der Waals surface area contributed by atoms with Crippen molar-refractivity contribution in [1.29, 1.82) is 0 Å². The number of thioether (sulfide) groups is 1. The third-order valence-electron chi connectivity index (χ3n) is 4.78. The molecule has 0 unspecified atom stereocenters. The van der Waals surface area contributed by atoms with E-state index in [-0.39, 0.29) is 34.9 Å². The number of hydrogen-bond acceptors (Lipinski definition) is 5. The van der Waals surface area contributed by atoms with Gasteiger partial charge in [0.1, 0.15) is 5.56 Å². The summed E-state index contributed by atoms with van der Waals surface area (Å²) in [4.78, 5) is 25.6. The van der Waals surface area contributed by atoms with Crippen molar-refractivity contribution in [3.8, 4) is 5.75 Å². The van der Waals surface area contributed by atoms with Crippen LogP contribution in [-0.2, 0) is 0 Å². The Morgan fingerprint density at radius 2 is 2.18 bits per heavy atom. The first kappa shape index (κ1) is 20.6. The van der Waals surface area contributed by atoms with E-state index in [1.807, 2.05) is 6.26 Å². The van der Waals surface area contributed by atoms with Gasteiger partial charge in [-0.1, -0.05) is 0 Å². The zero-order valence-corrected chi connectivity index (χ0v) is 16.4. The van der Waals surface area contributed by atoms with Gasteiger partial charge in [0.25, 0.3) is 5.91 Å². The van der Waals surface area contributed by atoms with Crippen LogP contribution in [0, 0.1) is 11.6 Å². The number of carbonyl (C=O) groups excluding carboxylic acids is 1. The predicted molar refractivity (Wildman–Crippen MR) is 104 cm³/mol. The van der Waals surface area contributed by atoms with Crippen LogP contribution in [0.3, 0.4) is 0 Å². The highest BCUT2D eigenvalue weighted by Gasteiger charge is 2.30. The Bertz CT molecular complexity index is 959. The molecule has 0 aliphatic heterocycles. The zero-order valence-electron chi connectivity index (χ0n) is 15.6. The van der Waals surface area contributed by atoms with Gasteiger partial charge < -0.3 is 19.7 Å². The number of hydrogen-bond donors (Lipinski definition) is 2. The van der Waals surface area contributed by atoms with Crippen molar-refractivity contribution in [2.24, 2.45) is 0 Å². The number of carbonyl (C=O) groups is 1.